The van der Waals surface area contributed by atoms with Crippen molar-refractivity contribution >= 4 is 82.2 Å². The van der Waals surface area contributed by atoms with Crippen LogP contribution in [-0.4, -0.2) is 139 Å². The Labute approximate surface area is 874 Å². The molecule has 760 valence electrons. The Morgan fingerprint density at radius 2 is 0.596 bits per heavy atom. The number of phenolic OH excluding ortho intramolecular Hbond substituents is 1. The molecule has 12 aliphatic rings. The number of hydrogen-bond acceptors (Lipinski definition) is 15. The number of hydrogen-bond donors (Lipinski definition) is 1. The van der Waals surface area contributed by atoms with Crippen molar-refractivity contribution in [3.63, 3.8) is 0 Å². The summed E-state index contributed by atoms with van der Waals surface area (Å²) in [6, 6.07) is 101. The van der Waals surface area contributed by atoms with Gasteiger partial charge in [0.1, 0.15) is 18.1 Å². The van der Waals surface area contributed by atoms with Crippen molar-refractivity contribution in [3.8, 4) is 11.5 Å². The van der Waals surface area contributed by atoms with E-state index in [9.17, 15) is 5.11 Å². The molecule has 0 amide bonds. The second-order valence-electron chi connectivity index (χ2n) is 42.8. The zero-order valence-corrected chi connectivity index (χ0v) is 87.5. The number of nitrogens with zero attached hydrogens (tertiary/aromatic N) is 6. The molecule has 0 bridgehead atoms. The molecule has 12 heterocycles. The maximum atomic E-state index is 9.43. The molecule has 6 atom stereocenters. The second-order valence-corrected chi connectivity index (χ2v) is 43.2. The van der Waals surface area contributed by atoms with Gasteiger partial charge >= 0.3 is 0 Å². The summed E-state index contributed by atoms with van der Waals surface area (Å²) in [6.07, 6.45) is 28.8. The highest BCUT2D eigenvalue weighted by Gasteiger charge is 2.65. The molecule has 24 rings (SSSR count). The maximum absolute atomic E-state index is 9.43. The average molecular weight is 1980 g/mol. The van der Waals surface area contributed by atoms with E-state index in [2.05, 4.69) is 431 Å². The van der Waals surface area contributed by atoms with Gasteiger partial charge < -0.3 is 72.4 Å². The number of para-hydroxylation sites is 7. The summed E-state index contributed by atoms with van der Waals surface area (Å²) in [4.78, 5) is 14.5. The van der Waals surface area contributed by atoms with Crippen LogP contribution < -0.4 is 34.1 Å². The number of rotatable bonds is 18. The van der Waals surface area contributed by atoms with E-state index in [1.54, 1.807) is 19.2 Å². The van der Waals surface area contributed by atoms with Crippen molar-refractivity contribution < 1.29 is 43.0 Å². The summed E-state index contributed by atoms with van der Waals surface area (Å²) in [6.45, 7) is 45.1. The van der Waals surface area contributed by atoms with Crippen molar-refractivity contribution in [1.29, 1.82) is 0 Å². The molecule has 146 heavy (non-hydrogen) atoms. The number of methoxy groups -OCH3 is 1. The van der Waals surface area contributed by atoms with E-state index in [-0.39, 0.29) is 64.5 Å². The van der Waals surface area contributed by atoms with E-state index in [1.807, 2.05) is 54.6 Å². The summed E-state index contributed by atoms with van der Waals surface area (Å²) in [7, 11) is 1.68. The number of halogens is 1. The first-order valence-electron chi connectivity index (χ1n) is 51.6. The number of ether oxygens (including phenoxy) is 8. The Hall–Kier alpha value is -12.5. The van der Waals surface area contributed by atoms with Crippen molar-refractivity contribution in [1.82, 2.24) is 0 Å². The smallest absolute Gasteiger partial charge is 0.170 e. The molecule has 0 radical (unpaired) electrons. The van der Waals surface area contributed by atoms with E-state index >= 15 is 0 Å². The normalized spacial score (nSPS) is 24.0. The standard InChI is InChI=1S/C23H27NO3.C23H27NO.2C21H23NO.C20H20ClNO.C20H21NO2.2CH4/c1-22(2)19-9-5-6-10-20(19)24-14-15-27-23(22,24)13-12-18-8-4-7-11-21(18)26-17-16-25-3;1-4-9-18-10-5-6-11-19(18)14-15-23-22(2,3)20-12-7-8-13-21(20)24(23)16-17-25-23;1-16-7-6-8-17(15-16)11-12-21-20(2,3)18-9-4-5-10-19(18)22(21)13-14-23-21;1-16-8-4-5-9-17(16)12-13-21-20(2,3)18-10-6-7-11-19(18)22(21)14-15-23-21;1-19(2)17-5-3-4-6-18(17)22-13-14-23-20(19,22)12-11-15-7-9-16(21)10-8-15;1-19(2)17-5-3-4-6-18(17)21-13-14-23-20(19,21)12-11-15-7-9-16(22)10-8-15;;/h4-13H,14-17H2,1-3H3;5-8,10-15H,4,9,16-17H2,1-3H3;4-12,15H,13-14H2,1-3H3;4-13H,14-15H2,1-3H3;3-12H,13-14H2,1-2H3;3-12,22H,13-14H2,1-2H3;2*1H4. The Morgan fingerprint density at radius 3 is 0.938 bits per heavy atom. The summed E-state index contributed by atoms with van der Waals surface area (Å²) in [5.41, 5.74) is 23.7. The van der Waals surface area contributed by atoms with Gasteiger partial charge in [-0.05, 0) is 196 Å². The van der Waals surface area contributed by atoms with Crippen molar-refractivity contribution in [2.45, 2.75) is 198 Å². The zero-order valence-electron chi connectivity index (χ0n) is 86.7. The maximum Gasteiger partial charge on any atom is 0.170 e. The van der Waals surface area contributed by atoms with Crippen molar-refractivity contribution in [2.24, 2.45) is 0 Å². The fourth-order valence-electron chi connectivity index (χ4n) is 24.9. The Kier molecular flexibility index (Phi) is 30.2. The third kappa shape index (κ3) is 18.0. The van der Waals surface area contributed by atoms with E-state index in [1.165, 1.54) is 101 Å². The minimum Gasteiger partial charge on any atom is -0.508 e. The van der Waals surface area contributed by atoms with Crippen LogP contribution in [-0.2, 0) is 72.1 Å². The Balaban J connectivity index is 0.000000120. The van der Waals surface area contributed by atoms with Crippen LogP contribution in [0.2, 0.25) is 5.02 Å². The molecule has 12 aromatic carbocycles. The molecule has 15 nitrogen and oxygen atoms in total. The van der Waals surface area contributed by atoms with Gasteiger partial charge in [-0.25, -0.2) is 0 Å². The fourth-order valence-corrected chi connectivity index (χ4v) is 25.0. The molecule has 16 heteroatoms. The first-order valence-corrected chi connectivity index (χ1v) is 52.0. The summed E-state index contributed by atoms with van der Waals surface area (Å²) < 4.78 is 49.1. The minimum atomic E-state index is -0.476. The molecular weight excluding hydrogens is 1820 g/mol. The second kappa shape index (κ2) is 42.0. The number of aromatic hydroxyl groups is 1. The number of aryl methyl sites for hydroxylation is 3. The molecule has 12 aliphatic heterocycles. The molecule has 6 saturated heterocycles. The van der Waals surface area contributed by atoms with Gasteiger partial charge in [-0.1, -0.05) is 389 Å². The van der Waals surface area contributed by atoms with Crippen molar-refractivity contribution in [3.05, 3.63) is 416 Å². The first-order chi connectivity index (χ1) is 69.4. The zero-order chi connectivity index (χ0) is 101. The van der Waals surface area contributed by atoms with Gasteiger partial charge in [-0.15, -0.1) is 0 Å². The van der Waals surface area contributed by atoms with Crippen LogP contribution >= 0.6 is 11.6 Å². The van der Waals surface area contributed by atoms with E-state index in [4.69, 9.17) is 49.5 Å². The summed E-state index contributed by atoms with van der Waals surface area (Å²) >= 11 is 5.98. The van der Waals surface area contributed by atoms with E-state index in [0.717, 1.165) is 119 Å². The van der Waals surface area contributed by atoms with Crippen LogP contribution in [0.1, 0.15) is 195 Å². The van der Waals surface area contributed by atoms with Crippen LogP contribution in [0.5, 0.6) is 11.5 Å². The van der Waals surface area contributed by atoms with Gasteiger partial charge in [-0.3, -0.25) is 0 Å². The lowest BCUT2D eigenvalue weighted by molar-refractivity contribution is 0.000273. The van der Waals surface area contributed by atoms with Gasteiger partial charge in [-0.2, -0.15) is 0 Å². The molecule has 0 saturated carbocycles. The van der Waals surface area contributed by atoms with Crippen LogP contribution in [0.3, 0.4) is 0 Å². The van der Waals surface area contributed by atoms with Crippen LogP contribution in [0.25, 0.3) is 36.5 Å². The molecule has 0 aromatic heterocycles. The van der Waals surface area contributed by atoms with Gasteiger partial charge in [0.2, 0.25) is 0 Å². The topological polar surface area (TPSA) is 114 Å². The first kappa shape index (κ1) is 105. The summed E-state index contributed by atoms with van der Waals surface area (Å²) in [5, 5.41) is 10.2. The lowest BCUT2D eigenvalue weighted by Crippen LogP contribution is -2.51. The lowest BCUT2D eigenvalue weighted by Gasteiger charge is -2.39. The monoisotopic (exact) mass is 1970 g/mol. The Morgan fingerprint density at radius 1 is 0.308 bits per heavy atom. The quantitative estimate of drug-likeness (QED) is 0.0822. The minimum absolute atomic E-state index is 0. The number of fused-ring (bicyclic) bond motifs is 18. The number of phenols is 1. The third-order valence-corrected chi connectivity index (χ3v) is 33.1. The molecule has 12 aromatic rings. The van der Waals surface area contributed by atoms with Crippen LogP contribution in [0.15, 0.2) is 328 Å². The highest BCUT2D eigenvalue weighted by Crippen LogP contribution is 2.62. The fraction of sp³-hybridized carbons (Fsp3) is 0.354. The third-order valence-electron chi connectivity index (χ3n) is 32.8. The molecular formula is C130H149ClN6O9. The predicted molar refractivity (Wildman–Crippen MR) is 607 cm³/mol. The largest absolute Gasteiger partial charge is 0.508 e. The lowest BCUT2D eigenvalue weighted by atomic mass is 9.77. The average Bonchev–Trinajstić information content (AvgIpc) is 1.57. The molecule has 1 N–H and O–H groups in total. The van der Waals surface area contributed by atoms with Crippen molar-refractivity contribution in [2.75, 3.05) is 129 Å². The van der Waals surface area contributed by atoms with Gasteiger partial charge in [0, 0.05) is 124 Å². The molecule has 6 fully saturated rings. The SMILES string of the molecule is C.C.CC1(C)c2ccccc2N2CCOC21C=Cc1ccc(Cl)cc1.CC1(C)c2ccccc2N2CCOC21C=Cc1ccc(O)cc1.CCCc1ccccc1C=CC12OCCN1c1ccccc1C2(C)C.COCCOc1ccccc1C=CC12OCCN1c1ccccc1C2(C)C.Cc1cccc(C=CC23OCCN2c2ccccc2C3(C)C)c1.Cc1ccccc1C=CC12OCCN1c1ccccc1C2(C)C. The highest BCUT2D eigenvalue weighted by atomic mass is 35.5. The Bertz CT molecular complexity index is 6700. The van der Waals surface area contributed by atoms with Crippen LogP contribution in [0, 0.1) is 13.8 Å². The predicted octanol–water partition coefficient (Wildman–Crippen LogP) is 28.6. The van der Waals surface area contributed by atoms with E-state index in [0.29, 0.717) is 13.2 Å². The van der Waals surface area contributed by atoms with Crippen LogP contribution in [0.4, 0.5) is 34.1 Å². The molecule has 6 unspecified atom stereocenters. The molecule has 0 aliphatic carbocycles. The number of benzene rings is 12. The highest BCUT2D eigenvalue weighted by molar-refractivity contribution is 6.30. The number of anilines is 6. The summed E-state index contributed by atoms with van der Waals surface area (Å²) in [5.74, 6) is 1.15. The van der Waals surface area contributed by atoms with E-state index < -0.39 is 22.9 Å². The van der Waals surface area contributed by atoms with Gasteiger partial charge in [0.15, 0.2) is 34.3 Å². The van der Waals surface area contributed by atoms with Gasteiger partial charge in [0.25, 0.3) is 0 Å². The molecule has 0 spiro atoms. The van der Waals surface area contributed by atoms with Gasteiger partial charge in [0.05, 0.1) is 46.2 Å².